The summed E-state index contributed by atoms with van der Waals surface area (Å²) >= 11 is 0. The Morgan fingerprint density at radius 2 is 1.44 bits per heavy atom. The van der Waals surface area contributed by atoms with Crippen molar-refractivity contribution in [2.45, 2.75) is 6.92 Å². The Hall–Kier alpha value is -3.81. The predicted molar refractivity (Wildman–Crippen MR) is 104 cm³/mol. The number of ether oxygens (including phenoxy) is 1. The van der Waals surface area contributed by atoms with Crippen LogP contribution in [0.3, 0.4) is 0 Å². The molecule has 0 fully saturated rings. The number of methoxy groups -OCH3 is 1. The highest BCUT2D eigenvalue weighted by molar-refractivity contribution is 6.65. The number of hydrogen-bond donors (Lipinski definition) is 2. The van der Waals surface area contributed by atoms with E-state index in [1.807, 2.05) is 66.1 Å². The number of carbonyl (C=O) groups is 2. The van der Waals surface area contributed by atoms with Gasteiger partial charge in [0.05, 0.1) is 12.8 Å². The van der Waals surface area contributed by atoms with Gasteiger partial charge in [0.25, 0.3) is 0 Å². The number of hydrogen-bond acceptors (Lipinski definition) is 6. The predicted octanol–water partition coefficient (Wildman–Crippen LogP) is 2.10. The molecular weight excluding hydrogens is 346 g/mol. The molecule has 0 spiro atoms. The molecule has 2 aromatic carbocycles. The average Bonchev–Trinajstić information content (AvgIpc) is 2.70. The van der Waals surface area contributed by atoms with Crippen LogP contribution in [0.1, 0.15) is 18.1 Å². The fraction of sp³-hybridized carbons (Fsp3) is 0.105. The lowest BCUT2D eigenvalue weighted by atomic mass is 10.0. The van der Waals surface area contributed by atoms with Crippen LogP contribution in [0.25, 0.3) is 0 Å². The summed E-state index contributed by atoms with van der Waals surface area (Å²) in [7, 11) is 1.21. The molecule has 0 saturated carbocycles. The van der Waals surface area contributed by atoms with Crippen molar-refractivity contribution in [1.29, 1.82) is 0 Å². The minimum atomic E-state index is -0.865. The van der Waals surface area contributed by atoms with Crippen LogP contribution < -0.4 is 11.2 Å². The topological polar surface area (TPSA) is 118 Å². The Morgan fingerprint density at radius 1 is 0.926 bits per heavy atom. The Labute approximate surface area is 156 Å². The Morgan fingerprint density at radius 3 is 1.89 bits per heavy atom. The quantitative estimate of drug-likeness (QED) is 0.463. The molecule has 27 heavy (non-hydrogen) atoms. The maximum atomic E-state index is 12.0. The van der Waals surface area contributed by atoms with Crippen molar-refractivity contribution in [1.82, 2.24) is 5.43 Å². The second-order valence-electron chi connectivity index (χ2n) is 5.29. The van der Waals surface area contributed by atoms with Gasteiger partial charge in [0, 0.05) is 11.1 Å². The van der Waals surface area contributed by atoms with E-state index >= 15 is 0 Å². The van der Waals surface area contributed by atoms with Crippen LogP contribution in [-0.4, -0.2) is 36.2 Å². The second-order valence-corrected chi connectivity index (χ2v) is 5.29. The molecule has 0 saturated heterocycles. The highest BCUT2D eigenvalue weighted by atomic mass is 16.5. The van der Waals surface area contributed by atoms with Gasteiger partial charge in [0.1, 0.15) is 5.71 Å². The van der Waals surface area contributed by atoms with Gasteiger partial charge in [-0.25, -0.2) is 15.0 Å². The van der Waals surface area contributed by atoms with E-state index in [-0.39, 0.29) is 11.4 Å². The van der Waals surface area contributed by atoms with Gasteiger partial charge in [0.15, 0.2) is 5.71 Å². The van der Waals surface area contributed by atoms with Gasteiger partial charge in [-0.3, -0.25) is 0 Å². The van der Waals surface area contributed by atoms with Crippen LogP contribution >= 0.6 is 0 Å². The van der Waals surface area contributed by atoms with Crippen molar-refractivity contribution < 1.29 is 14.3 Å². The third-order valence-corrected chi connectivity index (χ3v) is 3.40. The summed E-state index contributed by atoms with van der Waals surface area (Å²) in [6, 6.07) is 18.0. The largest absolute Gasteiger partial charge is 0.464 e. The normalized spacial score (nSPS) is 11.5. The monoisotopic (exact) mass is 365 g/mol. The molecule has 3 N–H and O–H groups in total. The van der Waals surface area contributed by atoms with Crippen molar-refractivity contribution >= 4 is 29.1 Å². The number of urea groups is 1. The van der Waals surface area contributed by atoms with E-state index in [0.717, 1.165) is 11.1 Å². The molecule has 0 heterocycles. The SMILES string of the molecule is COC(=O)C(=N\N=C(c1ccccc1)c1ccccc1)/C(C)=N/NC(N)=O. The summed E-state index contributed by atoms with van der Waals surface area (Å²) < 4.78 is 4.72. The molecule has 8 heteroatoms. The fourth-order valence-corrected chi connectivity index (χ4v) is 2.12. The number of primary amides is 1. The smallest absolute Gasteiger partial charge is 0.360 e. The molecule has 0 atom stereocenters. The molecule has 0 bridgehead atoms. The number of carbonyl (C=O) groups excluding carboxylic acids is 2. The van der Waals surface area contributed by atoms with E-state index in [9.17, 15) is 9.59 Å². The van der Waals surface area contributed by atoms with Gasteiger partial charge < -0.3 is 10.5 Å². The summed E-state index contributed by atoms with van der Waals surface area (Å²) in [6.45, 7) is 1.48. The molecule has 0 aromatic heterocycles. The number of amides is 2. The lowest BCUT2D eigenvalue weighted by molar-refractivity contribution is -0.132. The fourth-order valence-electron chi connectivity index (χ4n) is 2.12. The summed E-state index contributed by atoms with van der Waals surface area (Å²) in [5.41, 5.74) is 9.18. The number of hydrazone groups is 1. The first-order valence-electron chi connectivity index (χ1n) is 7.98. The summed E-state index contributed by atoms with van der Waals surface area (Å²) in [4.78, 5) is 22.9. The van der Waals surface area contributed by atoms with Crippen LogP contribution in [0.2, 0.25) is 0 Å². The maximum absolute atomic E-state index is 12.0. The van der Waals surface area contributed by atoms with Gasteiger partial charge in [-0.1, -0.05) is 60.7 Å². The molecule has 0 unspecified atom stereocenters. The highest BCUT2D eigenvalue weighted by Gasteiger charge is 2.17. The number of benzene rings is 2. The second kappa shape index (κ2) is 9.62. The number of nitrogens with one attached hydrogen (secondary N) is 1. The molecular formula is C19H19N5O3. The van der Waals surface area contributed by atoms with E-state index in [1.54, 1.807) is 0 Å². The minimum Gasteiger partial charge on any atom is -0.464 e. The average molecular weight is 365 g/mol. The Balaban J connectivity index is 2.53. The first-order chi connectivity index (χ1) is 13.0. The van der Waals surface area contributed by atoms with Crippen LogP contribution in [0.5, 0.6) is 0 Å². The Bertz CT molecular complexity index is 849. The molecule has 2 rings (SSSR count). The van der Waals surface area contributed by atoms with Crippen LogP contribution in [0, 0.1) is 0 Å². The van der Waals surface area contributed by atoms with Crippen molar-refractivity contribution in [3.8, 4) is 0 Å². The third kappa shape index (κ3) is 5.60. The number of esters is 1. The van der Waals surface area contributed by atoms with Gasteiger partial charge >= 0.3 is 12.0 Å². The van der Waals surface area contributed by atoms with Crippen LogP contribution in [0.15, 0.2) is 76.0 Å². The van der Waals surface area contributed by atoms with Gasteiger partial charge in [-0.2, -0.15) is 5.10 Å². The van der Waals surface area contributed by atoms with Crippen molar-refractivity contribution in [2.24, 2.45) is 21.0 Å². The zero-order valence-electron chi connectivity index (χ0n) is 14.9. The molecule has 0 aliphatic heterocycles. The minimum absolute atomic E-state index is 0.102. The number of nitrogens with zero attached hydrogens (tertiary/aromatic N) is 3. The molecule has 2 amide bonds. The van der Waals surface area contributed by atoms with Crippen LogP contribution in [0.4, 0.5) is 4.79 Å². The van der Waals surface area contributed by atoms with Gasteiger partial charge in [0.2, 0.25) is 0 Å². The van der Waals surface area contributed by atoms with E-state index in [4.69, 9.17) is 10.5 Å². The number of nitrogens with two attached hydrogens (primary N) is 1. The Kier molecular flexibility index (Phi) is 6.95. The van der Waals surface area contributed by atoms with Crippen molar-refractivity contribution in [3.63, 3.8) is 0 Å². The van der Waals surface area contributed by atoms with Crippen LogP contribution in [-0.2, 0) is 9.53 Å². The lowest BCUT2D eigenvalue weighted by Gasteiger charge is -2.06. The van der Waals surface area contributed by atoms with Gasteiger partial charge in [-0.05, 0) is 6.92 Å². The van der Waals surface area contributed by atoms with E-state index in [1.165, 1.54) is 14.0 Å². The molecule has 138 valence electrons. The zero-order chi connectivity index (χ0) is 19.6. The molecule has 0 aliphatic rings. The molecule has 0 aliphatic carbocycles. The van der Waals surface area contributed by atoms with E-state index in [2.05, 4.69) is 15.3 Å². The van der Waals surface area contributed by atoms with E-state index < -0.39 is 12.0 Å². The molecule has 0 radical (unpaired) electrons. The summed E-state index contributed by atoms with van der Waals surface area (Å²) in [5.74, 6) is -0.744. The zero-order valence-corrected chi connectivity index (χ0v) is 14.9. The number of rotatable bonds is 6. The van der Waals surface area contributed by atoms with Crippen molar-refractivity contribution in [2.75, 3.05) is 7.11 Å². The molecule has 8 nitrogen and oxygen atoms in total. The standard InChI is InChI=1S/C19H19N5O3/c1-13(21-24-19(20)26)16(18(25)27-2)22-23-17(14-9-5-3-6-10-14)15-11-7-4-8-12-15/h3-12H,1-2H3,(H3,20,24,26)/b21-13+,22-16-. The maximum Gasteiger partial charge on any atom is 0.360 e. The lowest BCUT2D eigenvalue weighted by Crippen LogP contribution is -2.30. The van der Waals surface area contributed by atoms with Crippen molar-refractivity contribution in [3.05, 3.63) is 71.8 Å². The van der Waals surface area contributed by atoms with E-state index in [0.29, 0.717) is 5.71 Å². The molecule has 2 aromatic rings. The summed E-state index contributed by atoms with van der Waals surface area (Å²) in [5, 5.41) is 12.0. The first kappa shape index (κ1) is 19.5. The third-order valence-electron chi connectivity index (χ3n) is 3.40. The highest BCUT2D eigenvalue weighted by Crippen LogP contribution is 2.11. The summed E-state index contributed by atoms with van der Waals surface area (Å²) in [6.07, 6.45) is 0. The first-order valence-corrected chi connectivity index (χ1v) is 7.98. The van der Waals surface area contributed by atoms with Gasteiger partial charge in [-0.15, -0.1) is 10.2 Å².